The van der Waals surface area contributed by atoms with E-state index in [1.165, 1.54) is 0 Å². The van der Waals surface area contributed by atoms with Gasteiger partial charge in [0, 0.05) is 49.1 Å². The van der Waals surface area contributed by atoms with Gasteiger partial charge in [0.25, 0.3) is 5.91 Å². The number of H-pyrrole nitrogens is 1. The molecule has 1 amide bonds. The number of piperazine rings is 1. The zero-order valence-corrected chi connectivity index (χ0v) is 16.9. The van der Waals surface area contributed by atoms with Crippen molar-refractivity contribution in [3.8, 4) is 22.5 Å². The van der Waals surface area contributed by atoms with E-state index in [-0.39, 0.29) is 5.91 Å². The molecule has 3 heterocycles. The molecule has 1 saturated heterocycles. The highest BCUT2D eigenvalue weighted by atomic mass is 16.2. The third-order valence-electron chi connectivity index (χ3n) is 5.67. The van der Waals surface area contributed by atoms with Gasteiger partial charge in [-0.2, -0.15) is 0 Å². The Morgan fingerprint density at radius 3 is 2.37 bits per heavy atom. The summed E-state index contributed by atoms with van der Waals surface area (Å²) in [7, 11) is 2.09. The number of nitrogens with zero attached hydrogens (tertiary/aromatic N) is 4. The maximum Gasteiger partial charge on any atom is 0.253 e. The Morgan fingerprint density at radius 2 is 1.63 bits per heavy atom. The molecule has 0 bridgehead atoms. The van der Waals surface area contributed by atoms with E-state index in [9.17, 15) is 4.79 Å². The summed E-state index contributed by atoms with van der Waals surface area (Å²) in [5.41, 5.74) is 5.43. The molecule has 2 aromatic carbocycles. The number of amides is 1. The Balaban J connectivity index is 1.43. The smallest absolute Gasteiger partial charge is 0.253 e. The molecule has 1 N–H and O–H groups in total. The van der Waals surface area contributed by atoms with Crippen LogP contribution in [-0.4, -0.2) is 63.9 Å². The number of fused-ring (bicyclic) bond motifs is 1. The first-order valence-corrected chi connectivity index (χ1v) is 10.2. The Kier molecular flexibility index (Phi) is 4.77. The van der Waals surface area contributed by atoms with Gasteiger partial charge in [0.15, 0.2) is 5.65 Å². The molecule has 0 spiro atoms. The number of benzene rings is 2. The average Bonchev–Trinajstić information content (AvgIpc) is 3.24. The number of aromatic amines is 1. The number of rotatable bonds is 3. The fourth-order valence-corrected chi connectivity index (χ4v) is 3.87. The Labute approximate surface area is 175 Å². The second-order valence-corrected chi connectivity index (χ2v) is 7.68. The molecule has 0 saturated carbocycles. The highest BCUT2D eigenvalue weighted by Crippen LogP contribution is 2.28. The van der Waals surface area contributed by atoms with E-state index >= 15 is 0 Å². The second-order valence-electron chi connectivity index (χ2n) is 7.68. The van der Waals surface area contributed by atoms with Gasteiger partial charge in [-0.1, -0.05) is 42.5 Å². The van der Waals surface area contributed by atoms with E-state index in [0.717, 1.165) is 54.2 Å². The molecule has 0 atom stereocenters. The lowest BCUT2D eigenvalue weighted by molar-refractivity contribution is 0.0664. The molecule has 6 heteroatoms. The molecule has 1 fully saturated rings. The summed E-state index contributed by atoms with van der Waals surface area (Å²) in [6.07, 6.45) is 1.78. The molecule has 1 aliphatic rings. The van der Waals surface area contributed by atoms with Crippen LogP contribution in [0.1, 0.15) is 10.4 Å². The van der Waals surface area contributed by atoms with Crippen molar-refractivity contribution in [1.29, 1.82) is 0 Å². The maximum absolute atomic E-state index is 12.8. The van der Waals surface area contributed by atoms with E-state index in [1.807, 2.05) is 53.4 Å². The van der Waals surface area contributed by atoms with E-state index in [1.54, 1.807) is 6.20 Å². The van der Waals surface area contributed by atoms with Gasteiger partial charge in [0.1, 0.15) is 5.82 Å². The van der Waals surface area contributed by atoms with Gasteiger partial charge >= 0.3 is 0 Å². The summed E-state index contributed by atoms with van der Waals surface area (Å²) in [6, 6.07) is 19.9. The van der Waals surface area contributed by atoms with Crippen molar-refractivity contribution >= 4 is 17.1 Å². The number of nitrogens with one attached hydrogen (secondary N) is 1. The average molecular weight is 397 g/mol. The normalized spacial score (nSPS) is 14.9. The summed E-state index contributed by atoms with van der Waals surface area (Å²) in [5, 5.41) is 0. The fourth-order valence-electron chi connectivity index (χ4n) is 3.87. The van der Waals surface area contributed by atoms with Gasteiger partial charge in [0.05, 0.1) is 5.52 Å². The third-order valence-corrected chi connectivity index (χ3v) is 5.67. The van der Waals surface area contributed by atoms with Crippen LogP contribution in [0.3, 0.4) is 0 Å². The third kappa shape index (κ3) is 3.46. The summed E-state index contributed by atoms with van der Waals surface area (Å²) in [5.74, 6) is 0.840. The van der Waals surface area contributed by atoms with Gasteiger partial charge in [0.2, 0.25) is 0 Å². The van der Waals surface area contributed by atoms with Crippen LogP contribution >= 0.6 is 0 Å². The lowest BCUT2D eigenvalue weighted by Crippen LogP contribution is -2.47. The van der Waals surface area contributed by atoms with Crippen LogP contribution < -0.4 is 0 Å². The van der Waals surface area contributed by atoms with Crippen LogP contribution in [0, 0.1) is 0 Å². The van der Waals surface area contributed by atoms with Crippen LogP contribution in [0.25, 0.3) is 33.7 Å². The van der Waals surface area contributed by atoms with E-state index in [0.29, 0.717) is 11.2 Å². The molecular weight excluding hydrogens is 374 g/mol. The van der Waals surface area contributed by atoms with Crippen LogP contribution in [0.4, 0.5) is 0 Å². The first kappa shape index (κ1) is 18.5. The van der Waals surface area contributed by atoms with Crippen molar-refractivity contribution in [3.63, 3.8) is 0 Å². The van der Waals surface area contributed by atoms with Crippen LogP contribution in [0.2, 0.25) is 0 Å². The number of pyridine rings is 1. The van der Waals surface area contributed by atoms with Crippen molar-refractivity contribution in [3.05, 3.63) is 72.4 Å². The number of likely N-dealkylation sites (N-methyl/N-ethyl adjacent to an activating group) is 1. The monoisotopic (exact) mass is 397 g/mol. The van der Waals surface area contributed by atoms with Crippen LogP contribution in [0.15, 0.2) is 66.9 Å². The predicted octanol–water partition coefficient (Wildman–Crippen LogP) is 3.68. The molecule has 30 heavy (non-hydrogen) atoms. The van der Waals surface area contributed by atoms with Crippen molar-refractivity contribution in [1.82, 2.24) is 24.8 Å². The minimum atomic E-state index is 0.0901. The van der Waals surface area contributed by atoms with Gasteiger partial charge in [-0.25, -0.2) is 9.97 Å². The molecule has 2 aromatic heterocycles. The molecule has 0 radical (unpaired) electrons. The fraction of sp³-hybridized carbons (Fsp3) is 0.208. The number of aromatic nitrogens is 3. The minimum absolute atomic E-state index is 0.0901. The van der Waals surface area contributed by atoms with E-state index < -0.39 is 0 Å². The first-order chi connectivity index (χ1) is 14.7. The molecule has 1 aliphatic heterocycles. The van der Waals surface area contributed by atoms with Crippen molar-refractivity contribution < 1.29 is 4.79 Å². The van der Waals surface area contributed by atoms with Crippen LogP contribution in [0.5, 0.6) is 0 Å². The predicted molar refractivity (Wildman–Crippen MR) is 118 cm³/mol. The lowest BCUT2D eigenvalue weighted by Gasteiger charge is -2.32. The topological polar surface area (TPSA) is 65.1 Å². The molecule has 4 aromatic rings. The van der Waals surface area contributed by atoms with E-state index in [2.05, 4.69) is 39.0 Å². The Morgan fingerprint density at radius 1 is 0.900 bits per heavy atom. The quantitative estimate of drug-likeness (QED) is 0.573. The number of carbonyl (C=O) groups excluding carboxylic acids is 1. The molecule has 6 nitrogen and oxygen atoms in total. The number of hydrogen-bond donors (Lipinski definition) is 1. The molecular formula is C24H23N5O. The molecule has 0 unspecified atom stereocenters. The van der Waals surface area contributed by atoms with E-state index in [4.69, 9.17) is 0 Å². The number of imidazole rings is 1. The van der Waals surface area contributed by atoms with Gasteiger partial charge in [-0.05, 0) is 30.8 Å². The Bertz CT molecular complexity index is 1180. The highest BCUT2D eigenvalue weighted by Gasteiger charge is 2.20. The molecule has 150 valence electrons. The van der Waals surface area contributed by atoms with Gasteiger partial charge in [-0.15, -0.1) is 0 Å². The SMILES string of the molecule is CN1CCN(C(=O)c2ccc(-c3nc4nccc(-c5ccccc5)c4[nH]3)cc2)CC1. The highest BCUT2D eigenvalue weighted by molar-refractivity contribution is 5.95. The standard InChI is InChI=1S/C24H23N5O/c1-28-13-15-29(16-14-28)24(30)19-9-7-18(8-10-19)22-26-21-20(11-12-25-23(21)27-22)17-5-3-2-4-6-17/h2-12H,13-16H2,1H3,(H,25,26,27). The maximum atomic E-state index is 12.8. The first-order valence-electron chi connectivity index (χ1n) is 10.2. The minimum Gasteiger partial charge on any atom is -0.336 e. The summed E-state index contributed by atoms with van der Waals surface area (Å²) in [6.45, 7) is 3.38. The zero-order chi connectivity index (χ0) is 20.5. The summed E-state index contributed by atoms with van der Waals surface area (Å²) < 4.78 is 0. The number of hydrogen-bond acceptors (Lipinski definition) is 4. The summed E-state index contributed by atoms with van der Waals surface area (Å²) >= 11 is 0. The number of carbonyl (C=O) groups is 1. The summed E-state index contributed by atoms with van der Waals surface area (Å²) in [4.78, 5) is 29.5. The van der Waals surface area contributed by atoms with Crippen LogP contribution in [-0.2, 0) is 0 Å². The van der Waals surface area contributed by atoms with Crippen molar-refractivity contribution in [2.75, 3.05) is 33.2 Å². The largest absolute Gasteiger partial charge is 0.336 e. The molecule has 5 rings (SSSR count). The van der Waals surface area contributed by atoms with Gasteiger partial charge in [-0.3, -0.25) is 4.79 Å². The molecule has 0 aliphatic carbocycles. The second kappa shape index (κ2) is 7.72. The van der Waals surface area contributed by atoms with Crippen molar-refractivity contribution in [2.24, 2.45) is 0 Å². The van der Waals surface area contributed by atoms with Crippen molar-refractivity contribution in [2.45, 2.75) is 0 Å². The Hall–Kier alpha value is -3.51. The zero-order valence-electron chi connectivity index (χ0n) is 16.9. The van der Waals surface area contributed by atoms with Gasteiger partial charge < -0.3 is 14.8 Å². The lowest BCUT2D eigenvalue weighted by atomic mass is 10.1.